The number of nitrogens with two attached hydrogens (primary N) is 2. The van der Waals surface area contributed by atoms with Gasteiger partial charge in [-0.05, 0) is 101 Å². The van der Waals surface area contributed by atoms with Gasteiger partial charge in [0.25, 0.3) is 0 Å². The number of carboxylic acid groups (broad SMARTS) is 1. The molecule has 4 heterocycles. The molecule has 26 heteroatoms. The first-order valence-corrected chi connectivity index (χ1v) is 24.9. The molecule has 4 aliphatic heterocycles. The van der Waals surface area contributed by atoms with E-state index in [1.54, 1.807) is 13.8 Å². The van der Waals surface area contributed by atoms with Crippen LogP contribution in [0.3, 0.4) is 0 Å². The summed E-state index contributed by atoms with van der Waals surface area (Å²) in [6.07, 6.45) is -4.82. The Morgan fingerprint density at radius 2 is 1.25 bits per heavy atom. The van der Waals surface area contributed by atoms with Gasteiger partial charge in [-0.1, -0.05) is 73.4 Å². The van der Waals surface area contributed by atoms with Gasteiger partial charge in [-0.3, -0.25) is 33.6 Å². The van der Waals surface area contributed by atoms with Gasteiger partial charge in [0.2, 0.25) is 47.1 Å². The van der Waals surface area contributed by atoms with Crippen molar-refractivity contribution >= 4 is 70.5 Å². The predicted octanol–water partition coefficient (Wildman–Crippen LogP) is 2.75. The summed E-state index contributed by atoms with van der Waals surface area (Å²) >= 11 is 13.5. The SMILES string of the molecule is COc1cccc(C(NC(=O)C2NC(=O)C(c3ccc(O)cc3)NC(=O)C3NC(=O)C(CC(N)=O)NC(=O)C(NC(=O)C(N)CC(C)C)C(O)c4ccc(c(Cl)c4)Oc4cc3cc(c4O)Oc3ccc(cc3Cl)C2O)C(=O)O)c1. The van der Waals surface area contributed by atoms with Gasteiger partial charge in [0.1, 0.15) is 65.4 Å². The monoisotopic (exact) mass is 1130 g/mol. The zero-order chi connectivity index (χ0) is 57.6. The van der Waals surface area contributed by atoms with E-state index in [1.165, 1.54) is 73.8 Å². The summed E-state index contributed by atoms with van der Waals surface area (Å²) in [5.74, 6) is -12.4. The molecular formula is C53H54Cl2N8O16. The summed E-state index contributed by atoms with van der Waals surface area (Å²) in [7, 11) is 1.33. The van der Waals surface area contributed by atoms with Crippen LogP contribution < -0.4 is 57.6 Å². The van der Waals surface area contributed by atoms with Gasteiger partial charge in [0, 0.05) is 0 Å². The van der Waals surface area contributed by atoms with Crippen molar-refractivity contribution in [1.82, 2.24) is 31.9 Å². The highest BCUT2D eigenvalue weighted by atomic mass is 35.5. The lowest BCUT2D eigenvalue weighted by atomic mass is 9.97. The number of rotatable bonds is 12. The molecule has 79 heavy (non-hydrogen) atoms. The summed E-state index contributed by atoms with van der Waals surface area (Å²) in [5.41, 5.74) is 11.1. The Kier molecular flexibility index (Phi) is 18.2. The Labute approximate surface area is 459 Å². The van der Waals surface area contributed by atoms with E-state index in [2.05, 4.69) is 31.9 Å². The molecule has 0 fully saturated rings. The van der Waals surface area contributed by atoms with Crippen LogP contribution in [-0.2, 0) is 38.4 Å². The fourth-order valence-electron chi connectivity index (χ4n) is 8.55. The van der Waals surface area contributed by atoms with Crippen molar-refractivity contribution in [2.75, 3.05) is 7.11 Å². The van der Waals surface area contributed by atoms with Crippen LogP contribution in [0.1, 0.15) is 84.8 Å². The highest BCUT2D eigenvalue weighted by Gasteiger charge is 2.40. The minimum atomic E-state index is -2.11. The molecule has 7 amide bonds. The first kappa shape index (κ1) is 58.0. The molecule has 9 atom stereocenters. The van der Waals surface area contributed by atoms with Crippen LogP contribution >= 0.6 is 23.2 Å². The number of ether oxygens (including phenoxy) is 3. The molecule has 0 saturated carbocycles. The van der Waals surface area contributed by atoms with Crippen molar-refractivity contribution in [3.63, 3.8) is 0 Å². The van der Waals surface area contributed by atoms with Crippen LogP contribution in [0, 0.1) is 5.92 Å². The number of fused-ring (bicyclic) bond motifs is 16. The molecule has 5 aromatic carbocycles. The average Bonchev–Trinajstić information content (AvgIpc) is 3.41. The van der Waals surface area contributed by atoms with Crippen LogP contribution in [0.25, 0.3) is 0 Å². The Balaban J connectivity index is 1.41. The number of phenolic OH excluding ortho intramolecular Hbond substituents is 2. The second-order valence-electron chi connectivity index (χ2n) is 18.8. The summed E-state index contributed by atoms with van der Waals surface area (Å²) in [4.78, 5) is 112. The van der Waals surface area contributed by atoms with Gasteiger partial charge >= 0.3 is 5.97 Å². The van der Waals surface area contributed by atoms with E-state index in [0.29, 0.717) is 0 Å². The molecule has 15 N–H and O–H groups in total. The summed E-state index contributed by atoms with van der Waals surface area (Å²) in [6.45, 7) is 3.58. The molecule has 9 unspecified atom stereocenters. The lowest BCUT2D eigenvalue weighted by Gasteiger charge is -2.30. The highest BCUT2D eigenvalue weighted by molar-refractivity contribution is 6.32. The molecule has 0 saturated heterocycles. The minimum Gasteiger partial charge on any atom is -0.508 e. The minimum absolute atomic E-state index is 0.0222. The number of carbonyl (C=O) groups excluding carboxylic acids is 7. The third kappa shape index (κ3) is 13.7. The summed E-state index contributed by atoms with van der Waals surface area (Å²) < 4.78 is 17.5. The van der Waals surface area contributed by atoms with E-state index in [4.69, 9.17) is 48.9 Å². The fourth-order valence-corrected chi connectivity index (χ4v) is 9.01. The molecule has 4 aliphatic rings. The Morgan fingerprint density at radius 3 is 1.81 bits per heavy atom. The second kappa shape index (κ2) is 24.8. The molecule has 9 rings (SSSR count). The van der Waals surface area contributed by atoms with Gasteiger partial charge in [-0.25, -0.2) is 4.79 Å². The Hall–Kier alpha value is -8.68. The van der Waals surface area contributed by atoms with Crippen LogP contribution in [0.15, 0.2) is 97.1 Å². The lowest BCUT2D eigenvalue weighted by Crippen LogP contribution is -2.59. The van der Waals surface area contributed by atoms with E-state index in [9.17, 15) is 59.1 Å². The van der Waals surface area contributed by atoms with Crippen LogP contribution in [0.2, 0.25) is 10.0 Å². The predicted molar refractivity (Wildman–Crippen MR) is 280 cm³/mol. The molecule has 24 nitrogen and oxygen atoms in total. The van der Waals surface area contributed by atoms with Crippen LogP contribution in [0.4, 0.5) is 0 Å². The van der Waals surface area contributed by atoms with Crippen LogP contribution in [0.5, 0.6) is 40.2 Å². The van der Waals surface area contributed by atoms with Gasteiger partial charge in [0.05, 0.1) is 29.6 Å². The van der Waals surface area contributed by atoms with E-state index in [0.717, 1.165) is 30.3 Å². The maximum atomic E-state index is 15.2. The van der Waals surface area contributed by atoms with Gasteiger partial charge < -0.3 is 83.1 Å². The zero-order valence-electron chi connectivity index (χ0n) is 42.1. The molecular weight excluding hydrogens is 1080 g/mol. The quantitative estimate of drug-likeness (QED) is 0.0854. The first-order valence-electron chi connectivity index (χ1n) is 24.1. The van der Waals surface area contributed by atoms with E-state index < -0.39 is 125 Å². The largest absolute Gasteiger partial charge is 0.508 e. The molecule has 5 aromatic rings. The number of halogens is 2. The molecule has 416 valence electrons. The van der Waals surface area contributed by atoms with Crippen molar-refractivity contribution in [3.8, 4) is 40.2 Å². The average molecular weight is 1130 g/mol. The van der Waals surface area contributed by atoms with Gasteiger partial charge in [0.15, 0.2) is 17.5 Å². The molecule has 0 spiro atoms. The van der Waals surface area contributed by atoms with Gasteiger partial charge in [-0.15, -0.1) is 0 Å². The number of aromatic hydroxyl groups is 2. The molecule has 0 radical (unpaired) electrons. The normalized spacial score (nSPS) is 21.3. The number of phenols is 2. The number of benzene rings is 5. The second-order valence-corrected chi connectivity index (χ2v) is 19.6. The number of hydrogen-bond acceptors (Lipinski definition) is 16. The number of aliphatic carboxylic acids is 1. The van der Waals surface area contributed by atoms with Crippen molar-refractivity contribution < 1.29 is 78.1 Å². The molecule has 0 aliphatic carbocycles. The van der Waals surface area contributed by atoms with Crippen LogP contribution in [-0.4, -0.2) is 104 Å². The van der Waals surface area contributed by atoms with Gasteiger partial charge in [-0.2, -0.15) is 0 Å². The number of aliphatic hydroxyl groups excluding tert-OH is 2. The van der Waals surface area contributed by atoms with Crippen molar-refractivity contribution in [3.05, 3.63) is 135 Å². The number of hydrogen-bond donors (Lipinski definition) is 13. The number of primary amides is 1. The lowest BCUT2D eigenvalue weighted by molar-refractivity contribution is -0.143. The smallest absolute Gasteiger partial charge is 0.330 e. The van der Waals surface area contributed by atoms with Crippen molar-refractivity contribution in [2.45, 2.75) is 81.2 Å². The number of carboxylic acids is 1. The number of nitrogens with one attached hydrogen (secondary N) is 6. The number of amides is 7. The van der Waals surface area contributed by atoms with E-state index >= 15 is 4.79 Å². The highest BCUT2D eigenvalue weighted by Crippen LogP contribution is 2.46. The van der Waals surface area contributed by atoms with E-state index in [-0.39, 0.29) is 73.2 Å². The number of aliphatic hydroxyl groups is 2. The fraction of sp³-hybridized carbons (Fsp3) is 0.283. The third-order valence-corrected chi connectivity index (χ3v) is 13.2. The zero-order valence-corrected chi connectivity index (χ0v) is 43.6. The summed E-state index contributed by atoms with van der Waals surface area (Å²) in [6, 6.07) is 6.63. The standard InChI is InChI=1S/C53H54Cl2N8O16/c1-22(2)15-32(56)47(69)62-42-44(66)25-9-13-34(30(54)17-25)78-36-19-27-20-37(46(36)68)79-35-14-10-26(18-31(35)55)45(67)43(52(74)61-41(53(75)76)24-5-4-6-29(16-24)77-3)63-49(71)39(23-7-11-28(64)12-8-23)60-50(72)40(27)59-48(70)33(21-38(57)65)58-51(42)73/h4-14,16-20,22,32-33,39-45,64,66-68H,15,21,56H2,1-3H3,(H2,57,65)(H,58,73)(H,59,70)(H,60,72)(H,61,74)(H,62,69)(H,63,71)(H,75,76). The molecule has 7 bridgehead atoms. The van der Waals surface area contributed by atoms with Crippen molar-refractivity contribution in [2.24, 2.45) is 17.4 Å². The van der Waals surface area contributed by atoms with E-state index in [1.807, 2.05) is 0 Å². The maximum Gasteiger partial charge on any atom is 0.330 e. The maximum absolute atomic E-state index is 15.2. The molecule has 0 aromatic heterocycles. The first-order chi connectivity index (χ1) is 37.4. The Morgan fingerprint density at radius 1 is 0.696 bits per heavy atom. The topological polar surface area (TPSA) is 390 Å². The number of carbonyl (C=O) groups is 8. The summed E-state index contributed by atoms with van der Waals surface area (Å²) in [5, 5.41) is 70.1. The third-order valence-electron chi connectivity index (χ3n) is 12.6. The number of methoxy groups -OCH3 is 1. The Bertz CT molecular complexity index is 3200. The van der Waals surface area contributed by atoms with Crippen molar-refractivity contribution in [1.29, 1.82) is 0 Å².